The summed E-state index contributed by atoms with van der Waals surface area (Å²) in [6.45, 7) is 2.79. The standard InChI is InChI=1S/C27H25ClF2N4O/c28-21-9-5-20(6-10-21)26-17-24(19-7-11-22(29)12-8-19)31-34(26)27(35)18-32-13-15-33(16-14-32)25-4-2-1-3-23(25)30/h1-12,26H,13-18H2. The second-order valence-electron chi connectivity index (χ2n) is 8.78. The normalized spacial score (nSPS) is 18.6. The van der Waals surface area contributed by atoms with Gasteiger partial charge in [-0.1, -0.05) is 48.0 Å². The lowest BCUT2D eigenvalue weighted by Crippen LogP contribution is -2.49. The Labute approximate surface area is 208 Å². The van der Waals surface area contributed by atoms with E-state index >= 15 is 0 Å². The van der Waals surface area contributed by atoms with Gasteiger partial charge in [0.25, 0.3) is 5.91 Å². The van der Waals surface area contributed by atoms with Gasteiger partial charge < -0.3 is 4.90 Å². The molecule has 180 valence electrons. The molecule has 8 heteroatoms. The zero-order chi connectivity index (χ0) is 24.4. The van der Waals surface area contributed by atoms with E-state index in [-0.39, 0.29) is 30.1 Å². The van der Waals surface area contributed by atoms with E-state index in [2.05, 4.69) is 10.0 Å². The molecule has 2 heterocycles. The fourth-order valence-electron chi connectivity index (χ4n) is 4.62. The molecule has 0 aromatic heterocycles. The second kappa shape index (κ2) is 10.1. The topological polar surface area (TPSA) is 39.2 Å². The highest BCUT2D eigenvalue weighted by molar-refractivity contribution is 6.30. The van der Waals surface area contributed by atoms with Crippen LogP contribution in [0.3, 0.4) is 0 Å². The van der Waals surface area contributed by atoms with Gasteiger partial charge in [0, 0.05) is 37.6 Å². The molecule has 1 fully saturated rings. The number of carbonyl (C=O) groups is 1. The fourth-order valence-corrected chi connectivity index (χ4v) is 4.75. The number of benzene rings is 3. The van der Waals surface area contributed by atoms with Crippen LogP contribution in [0.2, 0.25) is 5.02 Å². The summed E-state index contributed by atoms with van der Waals surface area (Å²) in [5.74, 6) is -0.659. The summed E-state index contributed by atoms with van der Waals surface area (Å²) in [4.78, 5) is 17.5. The number of carbonyl (C=O) groups excluding carboxylic acids is 1. The van der Waals surface area contributed by atoms with E-state index in [1.165, 1.54) is 18.2 Å². The van der Waals surface area contributed by atoms with Crippen molar-refractivity contribution < 1.29 is 13.6 Å². The zero-order valence-corrected chi connectivity index (χ0v) is 19.8. The molecule has 1 saturated heterocycles. The zero-order valence-electron chi connectivity index (χ0n) is 19.1. The first-order valence-electron chi connectivity index (χ1n) is 11.6. The summed E-state index contributed by atoms with van der Waals surface area (Å²) in [5.41, 5.74) is 3.06. The van der Waals surface area contributed by atoms with Crippen LogP contribution in [0.25, 0.3) is 0 Å². The van der Waals surface area contributed by atoms with Gasteiger partial charge in [0.05, 0.1) is 24.0 Å². The second-order valence-corrected chi connectivity index (χ2v) is 9.21. The highest BCUT2D eigenvalue weighted by Crippen LogP contribution is 2.33. The van der Waals surface area contributed by atoms with Crippen molar-refractivity contribution in [1.29, 1.82) is 0 Å². The number of nitrogens with zero attached hydrogens (tertiary/aromatic N) is 4. The Hall–Kier alpha value is -3.29. The molecule has 0 bridgehead atoms. The number of piperazine rings is 1. The smallest absolute Gasteiger partial charge is 0.257 e. The maximum atomic E-state index is 14.2. The summed E-state index contributed by atoms with van der Waals surface area (Å²) in [6, 6.07) is 20.1. The summed E-state index contributed by atoms with van der Waals surface area (Å²) in [7, 11) is 0. The fraction of sp³-hybridized carbons (Fsp3) is 0.259. The van der Waals surface area contributed by atoms with Crippen LogP contribution >= 0.6 is 11.6 Å². The third-order valence-electron chi connectivity index (χ3n) is 6.52. The van der Waals surface area contributed by atoms with Crippen molar-refractivity contribution in [2.75, 3.05) is 37.6 Å². The minimum atomic E-state index is -0.316. The number of anilines is 1. The molecule has 3 aromatic rings. The molecule has 2 aliphatic rings. The summed E-state index contributed by atoms with van der Waals surface area (Å²) in [6.07, 6.45) is 0.528. The average molecular weight is 495 g/mol. The number of hydrazone groups is 1. The first-order valence-corrected chi connectivity index (χ1v) is 12.0. The number of hydrogen-bond donors (Lipinski definition) is 0. The van der Waals surface area contributed by atoms with Crippen molar-refractivity contribution >= 4 is 28.9 Å². The quantitative estimate of drug-likeness (QED) is 0.494. The number of amides is 1. The molecule has 0 spiro atoms. The van der Waals surface area contributed by atoms with Gasteiger partial charge in [-0.25, -0.2) is 13.8 Å². The van der Waals surface area contributed by atoms with Crippen LogP contribution < -0.4 is 4.90 Å². The molecule has 1 amide bonds. The van der Waals surface area contributed by atoms with Crippen molar-refractivity contribution in [2.45, 2.75) is 12.5 Å². The van der Waals surface area contributed by atoms with Crippen LogP contribution in [0, 0.1) is 11.6 Å². The lowest BCUT2D eigenvalue weighted by molar-refractivity contribution is -0.134. The Balaban J connectivity index is 1.30. The van der Waals surface area contributed by atoms with Gasteiger partial charge in [-0.05, 0) is 47.5 Å². The average Bonchev–Trinajstić information content (AvgIpc) is 3.31. The number of para-hydroxylation sites is 1. The largest absolute Gasteiger partial charge is 0.367 e. The Morgan fingerprint density at radius 1 is 0.914 bits per heavy atom. The molecule has 5 nitrogen and oxygen atoms in total. The molecular weight excluding hydrogens is 470 g/mol. The van der Waals surface area contributed by atoms with Crippen molar-refractivity contribution in [1.82, 2.24) is 9.91 Å². The lowest BCUT2D eigenvalue weighted by atomic mass is 9.98. The van der Waals surface area contributed by atoms with Gasteiger partial charge in [-0.3, -0.25) is 9.69 Å². The molecule has 0 radical (unpaired) electrons. The van der Waals surface area contributed by atoms with Gasteiger partial charge in [-0.2, -0.15) is 5.10 Å². The molecule has 2 aliphatic heterocycles. The predicted molar refractivity (Wildman–Crippen MR) is 134 cm³/mol. The molecule has 5 rings (SSSR count). The third kappa shape index (κ3) is 5.21. The third-order valence-corrected chi connectivity index (χ3v) is 6.77. The summed E-state index contributed by atoms with van der Waals surface area (Å²) in [5, 5.41) is 6.84. The van der Waals surface area contributed by atoms with E-state index in [9.17, 15) is 13.6 Å². The molecule has 1 unspecified atom stereocenters. The van der Waals surface area contributed by atoms with Crippen molar-refractivity contribution in [2.24, 2.45) is 5.10 Å². The van der Waals surface area contributed by atoms with E-state index < -0.39 is 0 Å². The van der Waals surface area contributed by atoms with Crippen molar-refractivity contribution in [3.05, 3.63) is 101 Å². The van der Waals surface area contributed by atoms with Crippen molar-refractivity contribution in [3.63, 3.8) is 0 Å². The van der Waals surface area contributed by atoms with Crippen molar-refractivity contribution in [3.8, 4) is 0 Å². The number of rotatable bonds is 5. The van der Waals surface area contributed by atoms with Crippen LogP contribution in [0.1, 0.15) is 23.6 Å². The van der Waals surface area contributed by atoms with Crippen LogP contribution in [-0.4, -0.2) is 54.3 Å². The minimum absolute atomic E-state index is 0.110. The monoisotopic (exact) mass is 494 g/mol. The highest BCUT2D eigenvalue weighted by atomic mass is 35.5. The number of halogens is 3. The number of hydrogen-bond acceptors (Lipinski definition) is 4. The first-order chi connectivity index (χ1) is 17.0. The molecule has 35 heavy (non-hydrogen) atoms. The maximum Gasteiger partial charge on any atom is 0.257 e. The van der Waals surface area contributed by atoms with Gasteiger partial charge in [0.15, 0.2) is 0 Å². The van der Waals surface area contributed by atoms with E-state index in [4.69, 9.17) is 11.6 Å². The molecule has 3 aromatic carbocycles. The van der Waals surface area contributed by atoms with E-state index in [1.54, 1.807) is 41.4 Å². The van der Waals surface area contributed by atoms with E-state index in [0.29, 0.717) is 43.3 Å². The Bertz CT molecular complexity index is 1220. The predicted octanol–water partition coefficient (Wildman–Crippen LogP) is 5.12. The van der Waals surface area contributed by atoms with Gasteiger partial charge in [-0.15, -0.1) is 0 Å². The summed E-state index contributed by atoms with van der Waals surface area (Å²) >= 11 is 6.07. The molecule has 0 N–H and O–H groups in total. The maximum absolute atomic E-state index is 14.2. The first kappa shape index (κ1) is 23.5. The van der Waals surface area contributed by atoms with Crippen LogP contribution in [0.5, 0.6) is 0 Å². The highest BCUT2D eigenvalue weighted by Gasteiger charge is 2.34. The van der Waals surface area contributed by atoms with Crippen LogP contribution in [0.4, 0.5) is 14.5 Å². The Morgan fingerprint density at radius 2 is 1.60 bits per heavy atom. The van der Waals surface area contributed by atoms with Gasteiger partial charge in [0.1, 0.15) is 11.6 Å². The van der Waals surface area contributed by atoms with Gasteiger partial charge >= 0.3 is 0 Å². The molecule has 1 atom stereocenters. The van der Waals surface area contributed by atoms with E-state index in [1.807, 2.05) is 23.1 Å². The van der Waals surface area contributed by atoms with Gasteiger partial charge in [0.2, 0.25) is 0 Å². The van der Waals surface area contributed by atoms with Crippen LogP contribution in [0.15, 0.2) is 77.9 Å². The Morgan fingerprint density at radius 3 is 2.29 bits per heavy atom. The SMILES string of the molecule is O=C(CN1CCN(c2ccccc2F)CC1)N1N=C(c2ccc(F)cc2)CC1c1ccc(Cl)cc1. The lowest BCUT2D eigenvalue weighted by Gasteiger charge is -2.36. The Kier molecular flexibility index (Phi) is 6.79. The minimum Gasteiger partial charge on any atom is -0.367 e. The summed E-state index contributed by atoms with van der Waals surface area (Å²) < 4.78 is 27.6. The van der Waals surface area contributed by atoms with E-state index in [0.717, 1.165) is 16.8 Å². The molecule has 0 saturated carbocycles. The molecular formula is C27H25ClF2N4O. The molecule has 0 aliphatic carbocycles. The van der Waals surface area contributed by atoms with Crippen LogP contribution in [-0.2, 0) is 4.79 Å².